The molecule has 2 aromatic rings. The molecule has 8 nitrogen and oxygen atoms in total. The second-order valence-corrected chi connectivity index (χ2v) is 7.96. The fraction of sp³-hybridized carbons (Fsp3) is 0.381. The summed E-state index contributed by atoms with van der Waals surface area (Å²) >= 11 is 0. The van der Waals surface area contributed by atoms with Crippen molar-refractivity contribution in [3.05, 3.63) is 48.5 Å². The van der Waals surface area contributed by atoms with Gasteiger partial charge in [0.25, 0.3) is 0 Å². The van der Waals surface area contributed by atoms with Gasteiger partial charge in [0.2, 0.25) is 0 Å². The molecule has 2 atom stereocenters. The monoisotopic (exact) mass is 389 g/mol. The second kappa shape index (κ2) is 6.65. The van der Waals surface area contributed by atoms with Gasteiger partial charge >= 0.3 is 0 Å². The van der Waals surface area contributed by atoms with Gasteiger partial charge in [0.15, 0.2) is 0 Å². The first kappa shape index (κ1) is 16.6. The molecule has 0 N–H and O–H groups in total. The highest BCUT2D eigenvalue weighted by Gasteiger charge is 2.38. The van der Waals surface area contributed by atoms with Crippen LogP contribution >= 0.6 is 0 Å². The van der Waals surface area contributed by atoms with Crippen molar-refractivity contribution in [2.75, 3.05) is 23.4 Å². The lowest BCUT2D eigenvalue weighted by Crippen LogP contribution is -2.52. The van der Waals surface area contributed by atoms with E-state index >= 15 is 0 Å². The summed E-state index contributed by atoms with van der Waals surface area (Å²) < 4.78 is 6.14. The van der Waals surface area contributed by atoms with Crippen molar-refractivity contribution >= 4 is 17.7 Å². The van der Waals surface area contributed by atoms with Gasteiger partial charge in [-0.3, -0.25) is 5.01 Å². The highest BCUT2D eigenvalue weighted by molar-refractivity contribution is 5.64. The molecular formula is C21H23N7O. The molecule has 1 fully saturated rings. The third kappa shape index (κ3) is 2.95. The number of fused-ring (bicyclic) bond motifs is 13. The Kier molecular flexibility index (Phi) is 3.82. The molecule has 0 saturated heterocycles. The van der Waals surface area contributed by atoms with Crippen LogP contribution in [0.3, 0.4) is 0 Å². The average Bonchev–Trinajstić information content (AvgIpc) is 3.44. The van der Waals surface area contributed by atoms with Crippen molar-refractivity contribution in [3.8, 4) is 11.5 Å². The normalized spacial score (nSPS) is 24.8. The highest BCUT2D eigenvalue weighted by Crippen LogP contribution is 2.35. The number of nitrogens with zero attached hydrogens (tertiary/aromatic N) is 7. The molecule has 1 aliphatic carbocycles. The van der Waals surface area contributed by atoms with Crippen LogP contribution in [0.25, 0.3) is 0 Å². The van der Waals surface area contributed by atoms with Crippen LogP contribution in [0.5, 0.6) is 11.5 Å². The van der Waals surface area contributed by atoms with E-state index in [-0.39, 0.29) is 0 Å². The van der Waals surface area contributed by atoms with E-state index in [9.17, 15) is 0 Å². The SMILES string of the molecule is C1=NN2CN1C1CCCCC1N1CN(N=N1)c1cccc(c1)Oc1cccc2c1. The number of hydrogen-bond acceptors (Lipinski definition) is 8. The van der Waals surface area contributed by atoms with Crippen molar-refractivity contribution in [1.82, 2.24) is 9.91 Å². The van der Waals surface area contributed by atoms with Gasteiger partial charge in [-0.1, -0.05) is 30.2 Å². The first-order valence-corrected chi connectivity index (χ1v) is 10.2. The van der Waals surface area contributed by atoms with Crippen LogP contribution < -0.4 is 14.8 Å². The molecule has 3 heterocycles. The van der Waals surface area contributed by atoms with E-state index in [0.29, 0.717) is 18.8 Å². The zero-order valence-corrected chi connectivity index (χ0v) is 16.1. The van der Waals surface area contributed by atoms with Crippen molar-refractivity contribution < 1.29 is 4.74 Å². The second-order valence-electron chi connectivity index (χ2n) is 7.96. The van der Waals surface area contributed by atoms with Crippen molar-refractivity contribution in [1.29, 1.82) is 0 Å². The standard InChI is InChI=1S/C21H23N7O/c1-2-10-21-20(9-1)25-13-22-26(14-25)16-5-3-7-18(11-16)29-19-8-4-6-17(12-19)27-15-28(21)24-23-27/h3-8,11-13,20-21H,1-2,9-10,14-15H2. The molecule has 8 heteroatoms. The third-order valence-electron chi connectivity index (χ3n) is 6.15. The quantitative estimate of drug-likeness (QED) is 0.676. The van der Waals surface area contributed by atoms with Gasteiger partial charge < -0.3 is 9.64 Å². The first-order valence-electron chi connectivity index (χ1n) is 10.2. The molecule has 6 rings (SSSR count). The van der Waals surface area contributed by atoms with Crippen LogP contribution in [-0.2, 0) is 0 Å². The molecule has 0 aromatic heterocycles. The van der Waals surface area contributed by atoms with Crippen LogP contribution in [0.4, 0.5) is 11.4 Å². The van der Waals surface area contributed by atoms with Gasteiger partial charge in [-0.2, -0.15) is 5.10 Å². The molecule has 2 unspecified atom stereocenters. The van der Waals surface area contributed by atoms with Gasteiger partial charge in [0.1, 0.15) is 31.2 Å². The van der Waals surface area contributed by atoms with Crippen LogP contribution in [0.15, 0.2) is 64.1 Å². The topological polar surface area (TPSA) is 59.3 Å². The Morgan fingerprint density at radius 3 is 2.31 bits per heavy atom. The van der Waals surface area contributed by atoms with E-state index in [1.165, 1.54) is 12.8 Å². The fourth-order valence-electron chi connectivity index (χ4n) is 4.67. The molecule has 4 aliphatic rings. The average molecular weight is 389 g/mol. The Labute approximate surface area is 169 Å². The number of hydrazone groups is 1. The van der Waals surface area contributed by atoms with Gasteiger partial charge in [0, 0.05) is 12.1 Å². The van der Waals surface area contributed by atoms with Crippen molar-refractivity contribution in [2.45, 2.75) is 37.8 Å². The van der Waals surface area contributed by atoms with E-state index in [0.717, 1.165) is 42.4 Å². The van der Waals surface area contributed by atoms with Crippen LogP contribution in [-0.4, -0.2) is 41.7 Å². The number of hydrogen-bond donors (Lipinski definition) is 0. The van der Waals surface area contributed by atoms with Gasteiger partial charge in [-0.05, 0) is 42.3 Å². The summed E-state index contributed by atoms with van der Waals surface area (Å²) in [6.07, 6.45) is 6.73. The lowest BCUT2D eigenvalue weighted by atomic mass is 9.89. The number of ether oxygens (including phenoxy) is 1. The predicted molar refractivity (Wildman–Crippen MR) is 111 cm³/mol. The Bertz CT molecular complexity index is 900. The molecule has 0 radical (unpaired) electrons. The molecule has 148 valence electrons. The number of benzene rings is 2. The van der Waals surface area contributed by atoms with Crippen LogP contribution in [0, 0.1) is 0 Å². The number of rotatable bonds is 0. The Balaban J connectivity index is 1.42. The summed E-state index contributed by atoms with van der Waals surface area (Å²) in [6.45, 7) is 1.40. The van der Waals surface area contributed by atoms with E-state index < -0.39 is 0 Å². The molecule has 0 spiro atoms. The van der Waals surface area contributed by atoms with E-state index in [2.05, 4.69) is 31.5 Å². The summed E-state index contributed by atoms with van der Waals surface area (Å²) in [5.41, 5.74) is 2.02. The smallest absolute Gasteiger partial charge is 0.132 e. The first-order chi connectivity index (χ1) is 14.3. The van der Waals surface area contributed by atoms with Gasteiger partial charge in [-0.25, -0.2) is 10.0 Å². The van der Waals surface area contributed by atoms with Gasteiger partial charge in [0.05, 0.1) is 23.5 Å². The molecule has 1 saturated carbocycles. The summed E-state index contributed by atoms with van der Waals surface area (Å²) in [4.78, 5) is 2.36. The van der Waals surface area contributed by atoms with E-state index in [4.69, 9.17) is 4.74 Å². The summed E-state index contributed by atoms with van der Waals surface area (Å²) in [7, 11) is 0. The minimum Gasteiger partial charge on any atom is -0.457 e. The van der Waals surface area contributed by atoms with Crippen LogP contribution in [0.2, 0.25) is 0 Å². The molecule has 3 aliphatic heterocycles. The Hall–Kier alpha value is -3.29. The minimum absolute atomic E-state index is 0.333. The molecule has 2 aromatic carbocycles. The lowest BCUT2D eigenvalue weighted by molar-refractivity contribution is 0.0972. The summed E-state index contributed by atoms with van der Waals surface area (Å²) in [5.74, 6) is 1.58. The number of anilines is 2. The van der Waals surface area contributed by atoms with Gasteiger partial charge in [-0.15, -0.1) is 0 Å². The minimum atomic E-state index is 0.333. The Morgan fingerprint density at radius 1 is 0.793 bits per heavy atom. The van der Waals surface area contributed by atoms with E-state index in [1.54, 1.807) is 0 Å². The fourth-order valence-corrected chi connectivity index (χ4v) is 4.67. The maximum Gasteiger partial charge on any atom is 0.132 e. The highest BCUT2D eigenvalue weighted by atomic mass is 16.5. The maximum absolute atomic E-state index is 6.14. The van der Waals surface area contributed by atoms with E-state index in [1.807, 2.05) is 58.8 Å². The van der Waals surface area contributed by atoms with Crippen LogP contribution in [0.1, 0.15) is 25.7 Å². The molecule has 0 amide bonds. The largest absolute Gasteiger partial charge is 0.457 e. The zero-order valence-electron chi connectivity index (χ0n) is 16.1. The predicted octanol–water partition coefficient (Wildman–Crippen LogP) is 4.19. The zero-order chi connectivity index (χ0) is 19.2. The summed E-state index contributed by atoms with van der Waals surface area (Å²) in [6, 6.07) is 16.8. The Morgan fingerprint density at radius 2 is 1.52 bits per heavy atom. The maximum atomic E-state index is 6.14. The third-order valence-corrected chi connectivity index (χ3v) is 6.15. The molecular weight excluding hydrogens is 366 g/mol. The summed E-state index contributed by atoms with van der Waals surface area (Å²) in [5, 5.41) is 19.8. The van der Waals surface area contributed by atoms with Crippen molar-refractivity contribution in [3.63, 3.8) is 0 Å². The van der Waals surface area contributed by atoms with Crippen molar-refractivity contribution in [2.24, 2.45) is 15.5 Å². The molecule has 8 bridgehead atoms. The molecule has 29 heavy (non-hydrogen) atoms. The lowest BCUT2D eigenvalue weighted by Gasteiger charge is -2.40.